The third-order valence-corrected chi connectivity index (χ3v) is 5.54. The van der Waals surface area contributed by atoms with E-state index >= 15 is 0 Å². The van der Waals surface area contributed by atoms with Crippen LogP contribution in [0, 0.1) is 5.41 Å². The van der Waals surface area contributed by atoms with E-state index < -0.39 is 16.1 Å². The van der Waals surface area contributed by atoms with Gasteiger partial charge in [0.1, 0.15) is 5.84 Å². The highest BCUT2D eigenvalue weighted by Gasteiger charge is 2.16. The van der Waals surface area contributed by atoms with Crippen molar-refractivity contribution in [2.75, 3.05) is 18.4 Å². The number of aliphatic hydroxyl groups is 1. The van der Waals surface area contributed by atoms with Crippen molar-refractivity contribution in [3.8, 4) is 0 Å². The number of hydrogen-bond acceptors (Lipinski definition) is 5. The summed E-state index contributed by atoms with van der Waals surface area (Å²) in [7, 11) is -3.67. The number of nitrogen functional groups attached to an aromatic ring is 1. The van der Waals surface area contributed by atoms with Crippen molar-refractivity contribution in [2.45, 2.75) is 30.8 Å². The van der Waals surface area contributed by atoms with Gasteiger partial charge in [-0.05, 0) is 47.9 Å². The molecule has 8 heteroatoms. The topological polar surface area (TPSA) is 128 Å². The van der Waals surface area contributed by atoms with E-state index in [4.69, 9.17) is 11.1 Å². The van der Waals surface area contributed by atoms with Crippen molar-refractivity contribution in [1.29, 1.82) is 5.41 Å². The number of rotatable bonds is 9. The minimum Gasteiger partial charge on any atom is -0.390 e. The normalized spacial score (nSPS) is 12.7. The molecule has 0 heterocycles. The predicted molar refractivity (Wildman–Crippen MR) is 108 cm³/mol. The molecule has 0 aliphatic heterocycles. The first kappa shape index (κ1) is 20.9. The van der Waals surface area contributed by atoms with Gasteiger partial charge in [0.2, 0.25) is 10.0 Å². The van der Waals surface area contributed by atoms with Gasteiger partial charge in [0.15, 0.2) is 0 Å². The number of sulfonamides is 1. The Balaban J connectivity index is 1.86. The summed E-state index contributed by atoms with van der Waals surface area (Å²) in [5.41, 5.74) is 7.81. The lowest BCUT2D eigenvalue weighted by Gasteiger charge is -2.14. The molecule has 0 radical (unpaired) electrons. The molecule has 2 rings (SSSR count). The molecule has 146 valence electrons. The molecule has 2 aromatic carbocycles. The molecule has 1 atom stereocenters. The lowest BCUT2D eigenvalue weighted by Crippen LogP contribution is -2.35. The van der Waals surface area contributed by atoms with Gasteiger partial charge >= 0.3 is 0 Å². The Bertz CT molecular complexity index is 863. The zero-order valence-electron chi connectivity index (χ0n) is 15.4. The number of aliphatic hydroxyl groups excluding tert-OH is 1. The maximum Gasteiger partial charge on any atom is 0.240 e. The highest BCUT2D eigenvalue weighted by molar-refractivity contribution is 7.89. The Morgan fingerprint density at radius 2 is 1.67 bits per heavy atom. The highest BCUT2D eigenvalue weighted by atomic mass is 32.2. The molecule has 0 fully saturated rings. The number of nitrogens with two attached hydrogens (primary N) is 1. The van der Waals surface area contributed by atoms with Gasteiger partial charge in [-0.3, -0.25) is 5.41 Å². The van der Waals surface area contributed by atoms with Gasteiger partial charge in [0, 0.05) is 24.3 Å². The summed E-state index contributed by atoms with van der Waals surface area (Å²) in [6.07, 6.45) is -0.901. The van der Waals surface area contributed by atoms with E-state index in [0.29, 0.717) is 11.5 Å². The predicted octanol–water partition coefficient (Wildman–Crippen LogP) is 1.85. The SMILES string of the molecule is CC(C)c1ccc(S(=O)(=O)NCC(O)CNc2ccc(C(=N)N)cc2)cc1. The van der Waals surface area contributed by atoms with E-state index in [1.54, 1.807) is 48.5 Å². The van der Waals surface area contributed by atoms with Crippen LogP contribution in [0.5, 0.6) is 0 Å². The third-order valence-electron chi connectivity index (χ3n) is 4.10. The minimum absolute atomic E-state index is 0.0163. The number of nitrogens with one attached hydrogen (secondary N) is 3. The molecule has 6 N–H and O–H groups in total. The lowest BCUT2D eigenvalue weighted by molar-refractivity contribution is 0.191. The summed E-state index contributed by atoms with van der Waals surface area (Å²) in [6, 6.07) is 13.6. The van der Waals surface area contributed by atoms with Crippen molar-refractivity contribution in [2.24, 2.45) is 5.73 Å². The highest BCUT2D eigenvalue weighted by Crippen LogP contribution is 2.17. The Kier molecular flexibility index (Phi) is 6.95. The van der Waals surface area contributed by atoms with Gasteiger partial charge in [-0.2, -0.15) is 0 Å². The molecule has 0 bridgehead atoms. The first-order valence-corrected chi connectivity index (χ1v) is 10.1. The summed E-state index contributed by atoms with van der Waals surface area (Å²) in [6.45, 7) is 4.15. The fourth-order valence-electron chi connectivity index (χ4n) is 2.40. The zero-order valence-corrected chi connectivity index (χ0v) is 16.3. The van der Waals surface area contributed by atoms with Crippen LogP contribution in [0.4, 0.5) is 5.69 Å². The van der Waals surface area contributed by atoms with Crippen LogP contribution in [0.3, 0.4) is 0 Å². The van der Waals surface area contributed by atoms with E-state index in [1.165, 1.54) is 0 Å². The first-order valence-electron chi connectivity index (χ1n) is 8.65. The second-order valence-corrected chi connectivity index (χ2v) is 8.37. The van der Waals surface area contributed by atoms with Gasteiger partial charge in [0.25, 0.3) is 0 Å². The van der Waals surface area contributed by atoms with Gasteiger partial charge in [-0.25, -0.2) is 13.1 Å². The molecule has 0 aromatic heterocycles. The molecular formula is C19H26N4O3S. The molecule has 7 nitrogen and oxygen atoms in total. The Hall–Kier alpha value is -2.42. The summed E-state index contributed by atoms with van der Waals surface area (Å²) in [5, 5.41) is 20.4. The van der Waals surface area contributed by atoms with Crippen molar-refractivity contribution in [1.82, 2.24) is 4.72 Å². The maximum atomic E-state index is 12.3. The number of amidine groups is 1. The van der Waals surface area contributed by atoms with E-state index in [1.807, 2.05) is 13.8 Å². The first-order chi connectivity index (χ1) is 12.7. The van der Waals surface area contributed by atoms with Crippen molar-refractivity contribution >= 4 is 21.5 Å². The van der Waals surface area contributed by atoms with Crippen LogP contribution in [0.25, 0.3) is 0 Å². The number of benzene rings is 2. The van der Waals surface area contributed by atoms with Gasteiger partial charge in [-0.1, -0.05) is 26.0 Å². The van der Waals surface area contributed by atoms with Gasteiger partial charge in [-0.15, -0.1) is 0 Å². The molecule has 1 unspecified atom stereocenters. The zero-order chi connectivity index (χ0) is 20.0. The summed E-state index contributed by atoms with van der Waals surface area (Å²) in [5.74, 6) is 0.310. The summed E-state index contributed by atoms with van der Waals surface area (Å²) in [4.78, 5) is 0.173. The summed E-state index contributed by atoms with van der Waals surface area (Å²) < 4.78 is 27.1. The molecule has 0 spiro atoms. The van der Waals surface area contributed by atoms with E-state index in [0.717, 1.165) is 11.3 Å². The molecule has 0 aliphatic carbocycles. The third kappa shape index (κ3) is 6.06. The largest absolute Gasteiger partial charge is 0.390 e. The molecule has 2 aromatic rings. The average molecular weight is 391 g/mol. The number of hydrogen-bond donors (Lipinski definition) is 5. The Morgan fingerprint density at radius 1 is 1.07 bits per heavy atom. The maximum absolute atomic E-state index is 12.3. The second-order valence-electron chi connectivity index (χ2n) is 6.60. The van der Waals surface area contributed by atoms with Crippen LogP contribution in [0.15, 0.2) is 53.4 Å². The number of anilines is 1. The molecule has 0 amide bonds. The van der Waals surface area contributed by atoms with Crippen LogP contribution in [-0.4, -0.2) is 38.6 Å². The molecule has 0 saturated heterocycles. The van der Waals surface area contributed by atoms with Crippen molar-refractivity contribution < 1.29 is 13.5 Å². The standard InChI is InChI=1S/C19H26N4O3S/c1-13(2)14-5-9-18(10-6-14)27(25,26)23-12-17(24)11-22-16-7-3-15(4-8-16)19(20)21/h3-10,13,17,22-24H,11-12H2,1-2H3,(H3,20,21). The smallest absolute Gasteiger partial charge is 0.240 e. The minimum atomic E-state index is -3.67. The van der Waals surface area contributed by atoms with Crippen LogP contribution in [-0.2, 0) is 10.0 Å². The van der Waals surface area contributed by atoms with Crippen molar-refractivity contribution in [3.63, 3.8) is 0 Å². The Morgan fingerprint density at radius 3 is 2.19 bits per heavy atom. The summed E-state index contributed by atoms with van der Waals surface area (Å²) >= 11 is 0. The van der Waals surface area contributed by atoms with E-state index in [-0.39, 0.29) is 23.8 Å². The van der Waals surface area contributed by atoms with Crippen LogP contribution in [0.1, 0.15) is 30.9 Å². The van der Waals surface area contributed by atoms with Crippen LogP contribution in [0.2, 0.25) is 0 Å². The van der Waals surface area contributed by atoms with Crippen molar-refractivity contribution in [3.05, 3.63) is 59.7 Å². The van der Waals surface area contributed by atoms with Gasteiger partial charge < -0.3 is 16.2 Å². The Labute approximate surface area is 160 Å². The van der Waals surface area contributed by atoms with Crippen LogP contribution >= 0.6 is 0 Å². The molecule has 0 aliphatic rings. The fourth-order valence-corrected chi connectivity index (χ4v) is 3.47. The quantitative estimate of drug-likeness (QED) is 0.330. The lowest BCUT2D eigenvalue weighted by atomic mass is 10.0. The fraction of sp³-hybridized carbons (Fsp3) is 0.316. The molecule has 0 saturated carbocycles. The van der Waals surface area contributed by atoms with E-state index in [9.17, 15) is 13.5 Å². The van der Waals surface area contributed by atoms with Crippen LogP contribution < -0.4 is 15.8 Å². The monoisotopic (exact) mass is 390 g/mol. The van der Waals surface area contributed by atoms with Gasteiger partial charge in [0.05, 0.1) is 11.0 Å². The van der Waals surface area contributed by atoms with E-state index in [2.05, 4.69) is 10.0 Å². The average Bonchev–Trinajstić information content (AvgIpc) is 2.65. The second kappa shape index (κ2) is 8.98. The molecular weight excluding hydrogens is 364 g/mol. The molecule has 27 heavy (non-hydrogen) atoms.